The molecule has 5 nitrogen and oxygen atoms in total. The fraction of sp³-hybridized carbons (Fsp3) is 0.611. The van der Waals surface area contributed by atoms with Crippen LogP contribution in [0.15, 0.2) is 30.3 Å². The van der Waals surface area contributed by atoms with E-state index in [9.17, 15) is 4.79 Å². The molecule has 2 N–H and O–H groups in total. The zero-order valence-electron chi connectivity index (χ0n) is 14.4. The number of amides is 1. The molecule has 6 heteroatoms. The number of benzene rings is 1. The number of methoxy groups -OCH3 is 1. The lowest BCUT2D eigenvalue weighted by atomic mass is 10.1. The number of hydrogen-bond donors (Lipinski definition) is 1. The van der Waals surface area contributed by atoms with E-state index in [1.54, 1.807) is 7.11 Å². The molecule has 24 heavy (non-hydrogen) atoms. The fourth-order valence-electron chi connectivity index (χ4n) is 2.99. The van der Waals surface area contributed by atoms with Crippen LogP contribution in [0.25, 0.3) is 0 Å². The van der Waals surface area contributed by atoms with Crippen molar-refractivity contribution >= 4 is 18.3 Å². The molecule has 1 aliphatic carbocycles. The van der Waals surface area contributed by atoms with Gasteiger partial charge in [0.2, 0.25) is 5.91 Å². The predicted octanol–water partition coefficient (Wildman–Crippen LogP) is 2.23. The van der Waals surface area contributed by atoms with Gasteiger partial charge in [-0.2, -0.15) is 0 Å². The molecule has 0 radical (unpaired) electrons. The lowest BCUT2D eigenvalue weighted by Crippen LogP contribution is -2.38. The molecule has 0 aliphatic heterocycles. The van der Waals surface area contributed by atoms with Crippen molar-refractivity contribution in [3.05, 3.63) is 35.9 Å². The van der Waals surface area contributed by atoms with Crippen LogP contribution < -0.4 is 5.73 Å². The Morgan fingerprint density at radius 1 is 1.21 bits per heavy atom. The second-order valence-electron chi connectivity index (χ2n) is 6.12. The molecule has 0 aromatic heterocycles. The summed E-state index contributed by atoms with van der Waals surface area (Å²) in [6.07, 6.45) is 2.64. The lowest BCUT2D eigenvalue weighted by Gasteiger charge is -2.26. The van der Waals surface area contributed by atoms with Crippen molar-refractivity contribution in [1.82, 2.24) is 4.90 Å². The minimum Gasteiger partial charge on any atom is -0.382 e. The number of halogens is 1. The minimum atomic E-state index is 0. The first kappa shape index (κ1) is 20.9. The molecule has 0 spiro atoms. The Hall–Kier alpha value is -1.14. The molecular formula is C18H29ClN2O3. The lowest BCUT2D eigenvalue weighted by molar-refractivity contribution is -0.136. The molecule has 136 valence electrons. The number of nitrogens with zero attached hydrogens (tertiary/aromatic N) is 1. The summed E-state index contributed by atoms with van der Waals surface area (Å²) in [4.78, 5) is 14.7. The number of hydrogen-bond acceptors (Lipinski definition) is 4. The largest absolute Gasteiger partial charge is 0.382 e. The number of carbonyl (C=O) groups is 1. The number of ether oxygens (including phenoxy) is 2. The first-order valence-electron chi connectivity index (χ1n) is 8.35. The summed E-state index contributed by atoms with van der Waals surface area (Å²) in [6.45, 7) is 2.88. The highest BCUT2D eigenvalue weighted by Gasteiger charge is 2.30. The quantitative estimate of drug-likeness (QED) is 0.689. The van der Waals surface area contributed by atoms with Crippen LogP contribution in [0.3, 0.4) is 0 Å². The van der Waals surface area contributed by atoms with Gasteiger partial charge in [-0.1, -0.05) is 30.3 Å². The number of rotatable bonds is 9. The molecule has 0 saturated heterocycles. The molecule has 1 amide bonds. The third kappa shape index (κ3) is 6.77. The molecule has 1 aromatic rings. The number of carbonyl (C=O) groups excluding carboxylic acids is 1. The van der Waals surface area contributed by atoms with Crippen LogP contribution in [0.4, 0.5) is 0 Å². The second-order valence-corrected chi connectivity index (χ2v) is 6.12. The maximum absolute atomic E-state index is 12.8. The van der Waals surface area contributed by atoms with E-state index >= 15 is 0 Å². The van der Waals surface area contributed by atoms with Crippen LogP contribution in [0.5, 0.6) is 0 Å². The number of nitrogens with two attached hydrogens (primary N) is 1. The van der Waals surface area contributed by atoms with Crippen molar-refractivity contribution in [3.63, 3.8) is 0 Å². The Kier molecular flexibility index (Phi) is 9.95. The van der Waals surface area contributed by atoms with Crippen LogP contribution in [0.1, 0.15) is 24.8 Å². The second kappa shape index (κ2) is 11.4. The maximum atomic E-state index is 12.8. The van der Waals surface area contributed by atoms with Gasteiger partial charge in [-0.3, -0.25) is 4.79 Å². The average Bonchev–Trinajstić information content (AvgIpc) is 3.00. The zero-order valence-corrected chi connectivity index (χ0v) is 15.2. The van der Waals surface area contributed by atoms with E-state index in [0.29, 0.717) is 32.9 Å². The Labute approximate surface area is 150 Å². The van der Waals surface area contributed by atoms with Gasteiger partial charge in [-0.05, 0) is 24.8 Å². The van der Waals surface area contributed by atoms with E-state index in [0.717, 1.165) is 24.8 Å². The summed E-state index contributed by atoms with van der Waals surface area (Å²) >= 11 is 0. The summed E-state index contributed by atoms with van der Waals surface area (Å²) in [5.74, 6) is 0.268. The third-order valence-corrected chi connectivity index (χ3v) is 4.29. The highest BCUT2D eigenvalue weighted by atomic mass is 35.5. The molecular weight excluding hydrogens is 328 g/mol. The van der Waals surface area contributed by atoms with Gasteiger partial charge < -0.3 is 20.1 Å². The van der Waals surface area contributed by atoms with Gasteiger partial charge in [0.1, 0.15) is 0 Å². The Bertz CT molecular complexity index is 473. The minimum absolute atomic E-state index is 0. The molecule has 1 aliphatic rings. The summed E-state index contributed by atoms with van der Waals surface area (Å²) in [6, 6.07) is 10.2. The van der Waals surface area contributed by atoms with Crippen molar-refractivity contribution in [1.29, 1.82) is 0 Å². The average molecular weight is 357 g/mol. The smallest absolute Gasteiger partial charge is 0.226 e. The molecule has 1 aromatic carbocycles. The maximum Gasteiger partial charge on any atom is 0.226 e. The monoisotopic (exact) mass is 356 g/mol. The van der Waals surface area contributed by atoms with Crippen LogP contribution in [0.2, 0.25) is 0 Å². The first-order chi connectivity index (χ1) is 11.2. The molecule has 2 unspecified atom stereocenters. The van der Waals surface area contributed by atoms with Gasteiger partial charge in [0, 0.05) is 32.2 Å². The van der Waals surface area contributed by atoms with E-state index in [1.165, 1.54) is 0 Å². The third-order valence-electron chi connectivity index (χ3n) is 4.29. The van der Waals surface area contributed by atoms with E-state index in [-0.39, 0.29) is 30.3 Å². The van der Waals surface area contributed by atoms with Crippen LogP contribution in [-0.2, 0) is 20.8 Å². The zero-order chi connectivity index (χ0) is 16.5. The standard InChI is InChI=1S/C18H28N2O3.ClH/c1-22-11-12-23-10-9-20(14-15-5-3-2-4-6-15)18(21)16-7-8-17(19)13-16;/h2-6,16-17H,7-14,19H2,1H3;1H. The Morgan fingerprint density at radius 3 is 2.58 bits per heavy atom. The molecule has 2 atom stereocenters. The van der Waals surface area contributed by atoms with E-state index in [4.69, 9.17) is 15.2 Å². The van der Waals surface area contributed by atoms with Crippen molar-refractivity contribution in [2.75, 3.05) is 33.5 Å². The van der Waals surface area contributed by atoms with Crippen molar-refractivity contribution in [3.8, 4) is 0 Å². The normalized spacial score (nSPS) is 19.8. The first-order valence-corrected chi connectivity index (χ1v) is 8.35. The van der Waals surface area contributed by atoms with Gasteiger partial charge in [0.25, 0.3) is 0 Å². The molecule has 0 heterocycles. The van der Waals surface area contributed by atoms with Crippen LogP contribution >= 0.6 is 12.4 Å². The van der Waals surface area contributed by atoms with Crippen molar-refractivity contribution < 1.29 is 14.3 Å². The van der Waals surface area contributed by atoms with Gasteiger partial charge in [0.15, 0.2) is 0 Å². The van der Waals surface area contributed by atoms with Gasteiger partial charge in [-0.25, -0.2) is 0 Å². The summed E-state index contributed by atoms with van der Waals surface area (Å²) < 4.78 is 10.5. The van der Waals surface area contributed by atoms with Crippen molar-refractivity contribution in [2.24, 2.45) is 11.7 Å². The molecule has 1 saturated carbocycles. The van der Waals surface area contributed by atoms with Crippen LogP contribution in [-0.4, -0.2) is 50.3 Å². The summed E-state index contributed by atoms with van der Waals surface area (Å²) in [7, 11) is 1.65. The Balaban J connectivity index is 0.00000288. The molecule has 2 rings (SSSR count). The van der Waals surface area contributed by atoms with Crippen LogP contribution in [0, 0.1) is 5.92 Å². The molecule has 1 fully saturated rings. The highest BCUT2D eigenvalue weighted by Crippen LogP contribution is 2.26. The topological polar surface area (TPSA) is 64.8 Å². The van der Waals surface area contributed by atoms with Gasteiger partial charge in [-0.15, -0.1) is 12.4 Å². The van der Waals surface area contributed by atoms with Gasteiger partial charge in [0.05, 0.1) is 19.8 Å². The Morgan fingerprint density at radius 2 is 1.96 bits per heavy atom. The van der Waals surface area contributed by atoms with E-state index < -0.39 is 0 Å². The van der Waals surface area contributed by atoms with Crippen molar-refractivity contribution in [2.45, 2.75) is 31.8 Å². The SMILES string of the molecule is COCCOCCN(Cc1ccccc1)C(=O)C1CCC(N)C1.Cl. The summed E-state index contributed by atoms with van der Waals surface area (Å²) in [5.41, 5.74) is 7.10. The molecule has 0 bridgehead atoms. The fourth-order valence-corrected chi connectivity index (χ4v) is 2.99. The van der Waals surface area contributed by atoms with E-state index in [2.05, 4.69) is 0 Å². The van der Waals surface area contributed by atoms with Gasteiger partial charge >= 0.3 is 0 Å². The van der Waals surface area contributed by atoms with E-state index in [1.807, 2.05) is 35.2 Å². The predicted molar refractivity (Wildman–Crippen MR) is 97.1 cm³/mol. The highest BCUT2D eigenvalue weighted by molar-refractivity contribution is 5.85. The summed E-state index contributed by atoms with van der Waals surface area (Å²) in [5, 5.41) is 0.